The van der Waals surface area contributed by atoms with Crippen molar-refractivity contribution in [2.75, 3.05) is 13.7 Å². The zero-order valence-electron chi connectivity index (χ0n) is 24.4. The Bertz CT molecular complexity index is 1460. The number of hydrogen-bond donors (Lipinski definition) is 2. The predicted molar refractivity (Wildman–Crippen MR) is 152 cm³/mol. The SMILES string of the molecule is COC(=O)C1(Cc2ccc3nc([C@@H](NC(=O)OCc4ccccc4)C4CCCCCC4)cn3n2)CC(C(F)(F)F)CNC1=O. The van der Waals surface area contributed by atoms with Crippen molar-refractivity contribution >= 4 is 23.6 Å². The summed E-state index contributed by atoms with van der Waals surface area (Å²) < 4.78 is 52.7. The van der Waals surface area contributed by atoms with E-state index in [1.54, 1.807) is 12.3 Å². The molecular weight excluding hydrogens is 579 g/mol. The van der Waals surface area contributed by atoms with Gasteiger partial charge in [-0.15, -0.1) is 0 Å². The lowest BCUT2D eigenvalue weighted by Gasteiger charge is -2.38. The number of hydrogen-bond acceptors (Lipinski definition) is 7. The molecule has 44 heavy (non-hydrogen) atoms. The first-order chi connectivity index (χ1) is 21.1. The van der Waals surface area contributed by atoms with Gasteiger partial charge in [0.2, 0.25) is 5.91 Å². The molecule has 13 heteroatoms. The molecule has 3 aromatic rings. The fourth-order valence-electron chi connectivity index (χ4n) is 6.26. The monoisotopic (exact) mass is 615 g/mol. The average molecular weight is 616 g/mol. The number of alkyl carbamates (subject to hydrolysis) is 1. The van der Waals surface area contributed by atoms with Gasteiger partial charge in [0.1, 0.15) is 6.61 Å². The normalized spacial score (nSPS) is 22.1. The van der Waals surface area contributed by atoms with Gasteiger partial charge in [0.25, 0.3) is 0 Å². The van der Waals surface area contributed by atoms with Crippen molar-refractivity contribution in [1.29, 1.82) is 0 Å². The van der Waals surface area contributed by atoms with E-state index in [1.807, 2.05) is 30.3 Å². The molecule has 2 unspecified atom stereocenters. The summed E-state index contributed by atoms with van der Waals surface area (Å²) in [4.78, 5) is 43.4. The molecular formula is C31H36F3N5O5. The van der Waals surface area contributed by atoms with Gasteiger partial charge < -0.3 is 20.1 Å². The molecule has 236 valence electrons. The number of carbonyl (C=O) groups is 3. The molecule has 3 heterocycles. The molecule has 5 rings (SSSR count). The maximum atomic E-state index is 13.6. The maximum absolute atomic E-state index is 13.6. The van der Waals surface area contributed by atoms with Gasteiger partial charge in [0.15, 0.2) is 11.1 Å². The number of nitrogens with zero attached hydrogens (tertiary/aromatic N) is 3. The Morgan fingerprint density at radius 3 is 2.52 bits per heavy atom. The Hall–Kier alpha value is -4.16. The van der Waals surface area contributed by atoms with Crippen LogP contribution in [0.2, 0.25) is 0 Å². The quantitative estimate of drug-likeness (QED) is 0.206. The number of piperidine rings is 1. The lowest BCUT2D eigenvalue weighted by atomic mass is 9.72. The van der Waals surface area contributed by atoms with Crippen molar-refractivity contribution in [3.05, 3.63) is 65.6 Å². The third kappa shape index (κ3) is 6.97. The second-order valence-corrected chi connectivity index (χ2v) is 11.6. The summed E-state index contributed by atoms with van der Waals surface area (Å²) in [6.45, 7) is -0.493. The van der Waals surface area contributed by atoms with Crippen molar-refractivity contribution in [2.45, 2.75) is 70.2 Å². The van der Waals surface area contributed by atoms with Crippen LogP contribution in [0.15, 0.2) is 48.7 Å². The molecule has 2 N–H and O–H groups in total. The highest BCUT2D eigenvalue weighted by atomic mass is 19.4. The smallest absolute Gasteiger partial charge is 0.408 e. The maximum Gasteiger partial charge on any atom is 0.408 e. The number of alkyl halides is 3. The summed E-state index contributed by atoms with van der Waals surface area (Å²) in [5, 5.41) is 9.77. The topological polar surface area (TPSA) is 124 Å². The van der Waals surface area contributed by atoms with Crippen molar-refractivity contribution < 1.29 is 37.0 Å². The second kappa shape index (κ2) is 13.2. The van der Waals surface area contributed by atoms with Gasteiger partial charge in [-0.25, -0.2) is 14.3 Å². The fourth-order valence-corrected chi connectivity index (χ4v) is 6.26. The van der Waals surface area contributed by atoms with Crippen LogP contribution in [0, 0.1) is 17.3 Å². The Morgan fingerprint density at radius 1 is 1.11 bits per heavy atom. The van der Waals surface area contributed by atoms with Crippen molar-refractivity contribution in [3.8, 4) is 0 Å². The number of ether oxygens (including phenoxy) is 2. The highest BCUT2D eigenvalue weighted by Crippen LogP contribution is 2.42. The molecule has 1 saturated heterocycles. The van der Waals surface area contributed by atoms with Crippen LogP contribution in [-0.4, -0.2) is 52.4 Å². The van der Waals surface area contributed by atoms with E-state index in [1.165, 1.54) is 10.6 Å². The van der Waals surface area contributed by atoms with Crippen LogP contribution < -0.4 is 10.6 Å². The largest absolute Gasteiger partial charge is 0.468 e. The minimum absolute atomic E-state index is 0.110. The number of esters is 1. The van der Waals surface area contributed by atoms with E-state index in [0.717, 1.165) is 51.2 Å². The van der Waals surface area contributed by atoms with Gasteiger partial charge in [-0.05, 0) is 42.9 Å². The van der Waals surface area contributed by atoms with E-state index in [0.29, 0.717) is 11.3 Å². The predicted octanol–water partition coefficient (Wildman–Crippen LogP) is 5.07. The number of imidazole rings is 1. The van der Waals surface area contributed by atoms with Crippen molar-refractivity contribution in [3.63, 3.8) is 0 Å². The molecule has 10 nitrogen and oxygen atoms in total. The summed E-state index contributed by atoms with van der Waals surface area (Å²) in [6.07, 6.45) is 1.41. The number of halogens is 3. The number of carbonyl (C=O) groups excluding carboxylic acids is 3. The number of fused-ring (bicyclic) bond motifs is 1. The second-order valence-electron chi connectivity index (χ2n) is 11.6. The van der Waals surface area contributed by atoms with Crippen LogP contribution in [0.5, 0.6) is 0 Å². The highest BCUT2D eigenvalue weighted by Gasteiger charge is 2.56. The van der Waals surface area contributed by atoms with Gasteiger partial charge in [-0.1, -0.05) is 56.0 Å². The van der Waals surface area contributed by atoms with E-state index >= 15 is 0 Å². The van der Waals surface area contributed by atoms with Gasteiger partial charge in [-0.2, -0.15) is 18.3 Å². The molecule has 2 fully saturated rings. The van der Waals surface area contributed by atoms with E-state index in [2.05, 4.69) is 15.7 Å². The van der Waals surface area contributed by atoms with Crippen LogP contribution in [0.4, 0.5) is 18.0 Å². The minimum Gasteiger partial charge on any atom is -0.468 e. The molecule has 1 aliphatic heterocycles. The van der Waals surface area contributed by atoms with Gasteiger partial charge >= 0.3 is 18.2 Å². The summed E-state index contributed by atoms with van der Waals surface area (Å²) >= 11 is 0. The summed E-state index contributed by atoms with van der Waals surface area (Å²) in [7, 11) is 1.04. The lowest BCUT2D eigenvalue weighted by Crippen LogP contribution is -2.57. The Kier molecular flexibility index (Phi) is 9.40. The highest BCUT2D eigenvalue weighted by molar-refractivity contribution is 6.03. The standard InChI is InChI=1S/C31H36F3N5O5/c1-43-28(41)30(15-22(31(32,33)34)17-35-27(30)40)16-23-13-14-25-36-24(18-39(25)38-23)26(21-11-7-2-3-8-12-21)37-29(42)44-19-20-9-5-4-6-10-20/h4-6,9-10,13-14,18,21-22,26H,2-3,7-8,11-12,15-17,19H2,1H3,(H,35,40)(H,37,42)/t22?,26-,30?/m0/s1. The molecule has 0 bridgehead atoms. The first kappa shape index (κ1) is 31.3. The number of aromatic nitrogens is 3. The molecule has 1 saturated carbocycles. The fraction of sp³-hybridized carbons (Fsp3) is 0.516. The number of nitrogens with one attached hydrogen (secondary N) is 2. The molecule has 0 radical (unpaired) electrons. The Balaban J connectivity index is 1.40. The van der Waals surface area contributed by atoms with Crippen LogP contribution in [0.25, 0.3) is 5.65 Å². The van der Waals surface area contributed by atoms with Crippen LogP contribution in [-0.2, 0) is 32.1 Å². The lowest BCUT2D eigenvalue weighted by molar-refractivity contribution is -0.195. The Labute approximate surface area is 252 Å². The summed E-state index contributed by atoms with van der Waals surface area (Å²) in [5.74, 6) is -3.68. The third-order valence-corrected chi connectivity index (χ3v) is 8.63. The molecule has 1 aromatic carbocycles. The Morgan fingerprint density at radius 2 is 1.84 bits per heavy atom. The summed E-state index contributed by atoms with van der Waals surface area (Å²) in [5.41, 5.74) is -0.0182. The van der Waals surface area contributed by atoms with Gasteiger partial charge in [0.05, 0.1) is 36.7 Å². The van der Waals surface area contributed by atoms with E-state index in [9.17, 15) is 27.6 Å². The number of methoxy groups -OCH3 is 1. The zero-order valence-corrected chi connectivity index (χ0v) is 24.4. The van der Waals surface area contributed by atoms with Crippen LogP contribution >= 0.6 is 0 Å². The first-order valence-corrected chi connectivity index (χ1v) is 14.8. The number of rotatable bonds is 8. The molecule has 2 aliphatic rings. The summed E-state index contributed by atoms with van der Waals surface area (Å²) in [6, 6.07) is 12.0. The third-order valence-electron chi connectivity index (χ3n) is 8.63. The molecule has 0 spiro atoms. The van der Waals surface area contributed by atoms with Gasteiger partial charge in [-0.3, -0.25) is 9.59 Å². The first-order valence-electron chi connectivity index (χ1n) is 14.8. The number of amides is 2. The van der Waals surface area contributed by atoms with Gasteiger partial charge in [0, 0.05) is 13.0 Å². The molecule has 2 amide bonds. The van der Waals surface area contributed by atoms with Crippen LogP contribution in [0.3, 0.4) is 0 Å². The molecule has 1 aliphatic carbocycles. The minimum atomic E-state index is -4.61. The average Bonchev–Trinajstić information content (AvgIpc) is 3.24. The number of benzene rings is 1. The van der Waals surface area contributed by atoms with E-state index in [4.69, 9.17) is 14.5 Å². The van der Waals surface area contributed by atoms with Crippen molar-refractivity contribution in [1.82, 2.24) is 25.2 Å². The van der Waals surface area contributed by atoms with Crippen molar-refractivity contribution in [2.24, 2.45) is 17.3 Å². The van der Waals surface area contributed by atoms with E-state index in [-0.39, 0.29) is 18.2 Å². The molecule has 3 atom stereocenters. The van der Waals surface area contributed by atoms with E-state index < -0.39 is 60.9 Å². The zero-order chi connectivity index (χ0) is 31.3. The van der Waals surface area contributed by atoms with Crippen LogP contribution in [0.1, 0.15) is 67.9 Å². The molecule has 2 aromatic heterocycles.